The molecule has 2 unspecified atom stereocenters. The fourth-order valence-corrected chi connectivity index (χ4v) is 2.44. The first kappa shape index (κ1) is 16.9. The number of ether oxygens (including phenoxy) is 1. The van der Waals surface area contributed by atoms with Gasteiger partial charge in [-0.25, -0.2) is 0 Å². The average Bonchev–Trinajstić information content (AvgIpc) is 2.45. The van der Waals surface area contributed by atoms with Crippen LogP contribution < -0.4 is 0 Å². The molecule has 0 saturated heterocycles. The van der Waals surface area contributed by atoms with Crippen molar-refractivity contribution in [1.29, 1.82) is 0 Å². The van der Waals surface area contributed by atoms with E-state index in [2.05, 4.69) is 30.1 Å². The number of aliphatic hydroxyl groups excluding tert-OH is 1. The van der Waals surface area contributed by atoms with E-state index in [0.717, 1.165) is 30.4 Å². The van der Waals surface area contributed by atoms with E-state index in [1.54, 1.807) is 13.3 Å². The fourth-order valence-electron chi connectivity index (χ4n) is 2.44. The molecule has 1 N–H and O–H groups in total. The summed E-state index contributed by atoms with van der Waals surface area (Å²) in [5.41, 5.74) is 3.25. The van der Waals surface area contributed by atoms with Gasteiger partial charge in [0.15, 0.2) is 6.29 Å². The average molecular weight is 277 g/mol. The van der Waals surface area contributed by atoms with Gasteiger partial charge in [-0.2, -0.15) is 0 Å². The molecule has 0 amide bonds. The standard InChI is InChI=1S/C17H27NO2/c1-5-20-17(19)16(14(3)12-18-4)11-13(2)15-9-7-6-8-10-15/h7,9-10,12-13,17,19H,5-6,8,11H2,1-4H3/b16-14+,18-12?. The first-order valence-electron chi connectivity index (χ1n) is 7.38. The summed E-state index contributed by atoms with van der Waals surface area (Å²) in [6.07, 6.45) is 10.7. The van der Waals surface area contributed by atoms with Crippen molar-refractivity contribution < 1.29 is 9.84 Å². The molecule has 0 spiro atoms. The number of rotatable bonds is 7. The predicted octanol–water partition coefficient (Wildman–Crippen LogP) is 3.66. The van der Waals surface area contributed by atoms with Crippen molar-refractivity contribution in [2.75, 3.05) is 13.7 Å². The van der Waals surface area contributed by atoms with Gasteiger partial charge in [0, 0.05) is 19.9 Å². The maximum atomic E-state index is 10.2. The molecule has 3 heteroatoms. The molecule has 1 aliphatic carbocycles. The van der Waals surface area contributed by atoms with E-state index in [1.165, 1.54) is 5.57 Å². The van der Waals surface area contributed by atoms with Crippen LogP contribution >= 0.6 is 0 Å². The van der Waals surface area contributed by atoms with Crippen LogP contribution in [0.1, 0.15) is 40.0 Å². The molecule has 0 aromatic heterocycles. The smallest absolute Gasteiger partial charge is 0.177 e. The lowest BCUT2D eigenvalue weighted by Gasteiger charge is -2.22. The minimum absolute atomic E-state index is 0.372. The Bertz CT molecular complexity index is 419. The van der Waals surface area contributed by atoms with Gasteiger partial charge in [-0.05, 0) is 55.7 Å². The summed E-state index contributed by atoms with van der Waals surface area (Å²) >= 11 is 0. The predicted molar refractivity (Wildman–Crippen MR) is 85.0 cm³/mol. The van der Waals surface area contributed by atoms with Crippen molar-refractivity contribution in [3.63, 3.8) is 0 Å². The number of hydrogen-bond acceptors (Lipinski definition) is 3. The van der Waals surface area contributed by atoms with E-state index in [9.17, 15) is 5.11 Å². The second kappa shape index (κ2) is 8.88. The Morgan fingerprint density at radius 1 is 1.50 bits per heavy atom. The Morgan fingerprint density at radius 2 is 2.25 bits per heavy atom. The van der Waals surface area contributed by atoms with E-state index in [1.807, 2.05) is 13.8 Å². The molecule has 1 rings (SSSR count). The highest BCUT2D eigenvalue weighted by molar-refractivity contribution is 5.78. The summed E-state index contributed by atoms with van der Waals surface area (Å²) in [6.45, 7) is 6.55. The molecule has 0 fully saturated rings. The van der Waals surface area contributed by atoms with E-state index in [4.69, 9.17) is 4.74 Å². The number of allylic oxidation sites excluding steroid dienone is 5. The van der Waals surface area contributed by atoms with Gasteiger partial charge in [-0.15, -0.1) is 0 Å². The van der Waals surface area contributed by atoms with E-state index < -0.39 is 6.29 Å². The van der Waals surface area contributed by atoms with Crippen LogP contribution in [0.3, 0.4) is 0 Å². The molecule has 1 aliphatic rings. The summed E-state index contributed by atoms with van der Waals surface area (Å²) < 4.78 is 5.36. The van der Waals surface area contributed by atoms with Gasteiger partial charge >= 0.3 is 0 Å². The van der Waals surface area contributed by atoms with Gasteiger partial charge < -0.3 is 9.84 Å². The third-order valence-corrected chi connectivity index (χ3v) is 3.57. The Kier molecular flexibility index (Phi) is 7.48. The topological polar surface area (TPSA) is 41.8 Å². The van der Waals surface area contributed by atoms with Crippen LogP contribution in [-0.4, -0.2) is 31.3 Å². The minimum atomic E-state index is -0.839. The number of aliphatic hydroxyl groups is 1. The Balaban J connectivity index is 2.86. The molecule has 0 bridgehead atoms. The monoisotopic (exact) mass is 277 g/mol. The zero-order chi connectivity index (χ0) is 15.0. The Hall–Kier alpha value is -1.19. The molecule has 0 aromatic carbocycles. The second-order valence-corrected chi connectivity index (χ2v) is 5.19. The quantitative estimate of drug-likeness (QED) is 0.570. The van der Waals surface area contributed by atoms with Crippen LogP contribution in [-0.2, 0) is 4.74 Å². The van der Waals surface area contributed by atoms with Crippen molar-refractivity contribution in [1.82, 2.24) is 0 Å². The van der Waals surface area contributed by atoms with Crippen LogP contribution in [0.2, 0.25) is 0 Å². The highest BCUT2D eigenvalue weighted by Gasteiger charge is 2.18. The zero-order valence-electron chi connectivity index (χ0n) is 13.1. The Morgan fingerprint density at radius 3 is 2.80 bits per heavy atom. The van der Waals surface area contributed by atoms with Gasteiger partial charge in [0.2, 0.25) is 0 Å². The second-order valence-electron chi connectivity index (χ2n) is 5.19. The van der Waals surface area contributed by atoms with Gasteiger partial charge in [0.25, 0.3) is 0 Å². The van der Waals surface area contributed by atoms with Crippen molar-refractivity contribution in [3.05, 3.63) is 34.9 Å². The maximum Gasteiger partial charge on any atom is 0.177 e. The lowest BCUT2D eigenvalue weighted by atomic mass is 9.88. The number of nitrogens with zero attached hydrogens (tertiary/aromatic N) is 1. The summed E-state index contributed by atoms with van der Waals surface area (Å²) in [7, 11) is 1.74. The first-order valence-corrected chi connectivity index (χ1v) is 7.38. The number of aliphatic imine (C=N–C) groups is 1. The highest BCUT2D eigenvalue weighted by Crippen LogP contribution is 2.27. The maximum absolute atomic E-state index is 10.2. The van der Waals surface area contributed by atoms with E-state index in [-0.39, 0.29) is 0 Å². The van der Waals surface area contributed by atoms with Crippen molar-refractivity contribution in [3.8, 4) is 0 Å². The molecule has 0 aliphatic heterocycles. The van der Waals surface area contributed by atoms with Crippen LogP contribution in [0.25, 0.3) is 0 Å². The molecule has 0 saturated carbocycles. The largest absolute Gasteiger partial charge is 0.364 e. The van der Waals surface area contributed by atoms with Crippen molar-refractivity contribution in [2.24, 2.45) is 10.9 Å². The third kappa shape index (κ3) is 5.06. The van der Waals surface area contributed by atoms with Gasteiger partial charge in [-0.1, -0.05) is 25.2 Å². The molecule has 3 nitrogen and oxygen atoms in total. The summed E-state index contributed by atoms with van der Waals surface area (Å²) in [6, 6.07) is 0. The van der Waals surface area contributed by atoms with Crippen molar-refractivity contribution >= 4 is 6.21 Å². The van der Waals surface area contributed by atoms with Gasteiger partial charge in [0.1, 0.15) is 0 Å². The molecular weight excluding hydrogens is 250 g/mol. The molecular formula is C17H27NO2. The molecule has 0 radical (unpaired) electrons. The number of hydrogen-bond donors (Lipinski definition) is 1. The van der Waals surface area contributed by atoms with Crippen LogP contribution in [0.5, 0.6) is 0 Å². The zero-order valence-corrected chi connectivity index (χ0v) is 13.1. The minimum Gasteiger partial charge on any atom is -0.364 e. The van der Waals surface area contributed by atoms with E-state index >= 15 is 0 Å². The fraction of sp³-hybridized carbons (Fsp3) is 0.588. The SMILES string of the molecule is CCOC(O)/C(CC(C)C1=CCCC=C1)=C(\C)C=NC. The van der Waals surface area contributed by atoms with E-state index in [0.29, 0.717) is 12.5 Å². The molecule has 0 heterocycles. The van der Waals surface area contributed by atoms with Crippen LogP contribution in [0.15, 0.2) is 39.9 Å². The molecule has 112 valence electrons. The normalized spacial score (nSPS) is 19.8. The van der Waals surface area contributed by atoms with Gasteiger partial charge in [-0.3, -0.25) is 4.99 Å². The summed E-state index contributed by atoms with van der Waals surface area (Å²) in [5, 5.41) is 10.2. The molecule has 2 atom stereocenters. The lowest BCUT2D eigenvalue weighted by Crippen LogP contribution is -2.19. The highest BCUT2D eigenvalue weighted by atomic mass is 16.6. The van der Waals surface area contributed by atoms with Gasteiger partial charge in [0.05, 0.1) is 0 Å². The summed E-state index contributed by atoms with van der Waals surface area (Å²) in [5.74, 6) is 0.372. The Labute approximate surface area is 122 Å². The summed E-state index contributed by atoms with van der Waals surface area (Å²) in [4.78, 5) is 4.04. The third-order valence-electron chi connectivity index (χ3n) is 3.57. The lowest BCUT2D eigenvalue weighted by molar-refractivity contribution is -0.0699. The van der Waals surface area contributed by atoms with Crippen molar-refractivity contribution in [2.45, 2.75) is 46.3 Å². The van der Waals surface area contributed by atoms with Crippen LogP contribution in [0.4, 0.5) is 0 Å². The molecule has 0 aromatic rings. The molecule has 20 heavy (non-hydrogen) atoms. The van der Waals surface area contributed by atoms with Crippen LogP contribution in [0, 0.1) is 5.92 Å². The first-order chi connectivity index (χ1) is 9.60.